The molecule has 4 rings (SSSR count). The maximum atomic E-state index is 12.7. The standard InChI is InChI=1S/C20H22N6O3S/c1-25(30(28,29)15-7-6-10-21-13-15)14-18(27)24-19-20(26-11-4-5-12-26)23-17-9-3-2-8-16(17)22-19/h2-3,6-10,13H,4-5,11-12,14H2,1H3,(H,22,24,27). The topological polar surface area (TPSA) is 108 Å². The van der Waals surface area contributed by atoms with Gasteiger partial charge in [0.25, 0.3) is 0 Å². The van der Waals surface area contributed by atoms with Crippen molar-refractivity contribution in [1.82, 2.24) is 19.3 Å². The number of hydrogen-bond donors (Lipinski definition) is 1. The Bertz CT molecular complexity index is 1160. The summed E-state index contributed by atoms with van der Waals surface area (Å²) in [7, 11) is -2.47. The van der Waals surface area contributed by atoms with E-state index in [4.69, 9.17) is 4.98 Å². The molecule has 10 heteroatoms. The fourth-order valence-corrected chi connectivity index (χ4v) is 4.45. The normalized spacial score (nSPS) is 14.4. The van der Waals surface area contributed by atoms with Gasteiger partial charge in [0.15, 0.2) is 11.6 Å². The number of carbonyl (C=O) groups excluding carboxylic acids is 1. The molecule has 9 nitrogen and oxygen atoms in total. The van der Waals surface area contributed by atoms with Crippen molar-refractivity contribution in [3.8, 4) is 0 Å². The molecular weight excluding hydrogens is 404 g/mol. The van der Waals surface area contributed by atoms with Gasteiger partial charge in [0.05, 0.1) is 17.6 Å². The van der Waals surface area contributed by atoms with Gasteiger partial charge in [-0.1, -0.05) is 12.1 Å². The molecule has 0 atom stereocenters. The van der Waals surface area contributed by atoms with Crippen LogP contribution in [0.4, 0.5) is 11.6 Å². The van der Waals surface area contributed by atoms with E-state index < -0.39 is 15.9 Å². The molecule has 3 heterocycles. The van der Waals surface area contributed by atoms with Crippen LogP contribution in [0.2, 0.25) is 0 Å². The van der Waals surface area contributed by atoms with Crippen molar-refractivity contribution in [3.05, 3.63) is 48.8 Å². The highest BCUT2D eigenvalue weighted by molar-refractivity contribution is 7.89. The van der Waals surface area contributed by atoms with Gasteiger partial charge in [-0.25, -0.2) is 18.4 Å². The number of nitrogens with zero attached hydrogens (tertiary/aromatic N) is 5. The minimum Gasteiger partial charge on any atom is -0.354 e. The molecule has 0 bridgehead atoms. The molecule has 3 aromatic rings. The van der Waals surface area contributed by atoms with Crippen molar-refractivity contribution >= 4 is 38.6 Å². The van der Waals surface area contributed by atoms with Gasteiger partial charge in [-0.05, 0) is 37.1 Å². The summed E-state index contributed by atoms with van der Waals surface area (Å²) in [5.74, 6) is 0.458. The van der Waals surface area contributed by atoms with Gasteiger partial charge < -0.3 is 10.2 Å². The van der Waals surface area contributed by atoms with E-state index in [9.17, 15) is 13.2 Å². The lowest BCUT2D eigenvalue weighted by Crippen LogP contribution is -2.35. The zero-order valence-electron chi connectivity index (χ0n) is 16.5. The second-order valence-corrected chi connectivity index (χ2v) is 9.12. The number of benzene rings is 1. The van der Waals surface area contributed by atoms with Gasteiger partial charge in [-0.15, -0.1) is 0 Å². The van der Waals surface area contributed by atoms with Crippen LogP contribution in [0.25, 0.3) is 11.0 Å². The molecule has 0 spiro atoms. The summed E-state index contributed by atoms with van der Waals surface area (Å²) in [4.78, 5) is 27.9. The van der Waals surface area contributed by atoms with Crippen LogP contribution >= 0.6 is 0 Å². The van der Waals surface area contributed by atoms with Crippen LogP contribution < -0.4 is 10.2 Å². The number of carbonyl (C=O) groups is 1. The summed E-state index contributed by atoms with van der Waals surface area (Å²) in [5, 5.41) is 2.76. The number of fused-ring (bicyclic) bond motifs is 1. The quantitative estimate of drug-likeness (QED) is 0.641. The molecule has 1 saturated heterocycles. The molecule has 1 N–H and O–H groups in total. The van der Waals surface area contributed by atoms with Gasteiger partial charge in [-0.3, -0.25) is 9.78 Å². The Morgan fingerprint density at radius 3 is 2.47 bits per heavy atom. The van der Waals surface area contributed by atoms with Crippen LogP contribution in [-0.2, 0) is 14.8 Å². The number of amides is 1. The number of hydrogen-bond acceptors (Lipinski definition) is 7. The van der Waals surface area contributed by atoms with Crippen molar-refractivity contribution in [3.63, 3.8) is 0 Å². The van der Waals surface area contributed by atoms with Gasteiger partial charge in [0.2, 0.25) is 15.9 Å². The van der Waals surface area contributed by atoms with Crippen LogP contribution in [0.15, 0.2) is 53.7 Å². The minimum absolute atomic E-state index is 0.0311. The number of nitrogens with one attached hydrogen (secondary N) is 1. The van der Waals surface area contributed by atoms with Gasteiger partial charge >= 0.3 is 0 Å². The number of pyridine rings is 1. The smallest absolute Gasteiger partial charge is 0.244 e. The number of likely N-dealkylation sites (N-methyl/N-ethyl adjacent to an activating group) is 1. The van der Waals surface area contributed by atoms with Gasteiger partial charge in [0.1, 0.15) is 4.90 Å². The van der Waals surface area contributed by atoms with Crippen LogP contribution in [0.5, 0.6) is 0 Å². The molecule has 1 amide bonds. The number of anilines is 2. The lowest BCUT2D eigenvalue weighted by atomic mass is 10.3. The van der Waals surface area contributed by atoms with E-state index >= 15 is 0 Å². The SMILES string of the molecule is CN(CC(=O)Nc1nc2ccccc2nc1N1CCCC1)S(=O)(=O)c1cccnc1. The third-order valence-corrected chi connectivity index (χ3v) is 6.71. The summed E-state index contributed by atoms with van der Waals surface area (Å²) in [6, 6.07) is 10.4. The van der Waals surface area contributed by atoms with Crippen molar-refractivity contribution in [1.29, 1.82) is 0 Å². The van der Waals surface area contributed by atoms with Crippen molar-refractivity contribution < 1.29 is 13.2 Å². The van der Waals surface area contributed by atoms with Crippen LogP contribution in [0, 0.1) is 0 Å². The molecule has 0 saturated carbocycles. The summed E-state index contributed by atoms with van der Waals surface area (Å²) >= 11 is 0. The molecule has 0 unspecified atom stereocenters. The fraction of sp³-hybridized carbons (Fsp3) is 0.300. The summed E-state index contributed by atoms with van der Waals surface area (Å²) in [5.41, 5.74) is 1.40. The first-order valence-electron chi connectivity index (χ1n) is 9.63. The Morgan fingerprint density at radius 2 is 1.80 bits per heavy atom. The van der Waals surface area contributed by atoms with E-state index in [0.717, 1.165) is 35.8 Å². The number of sulfonamides is 1. The maximum absolute atomic E-state index is 12.7. The first-order valence-corrected chi connectivity index (χ1v) is 11.1. The molecule has 1 aromatic carbocycles. The van der Waals surface area contributed by atoms with Crippen LogP contribution in [0.1, 0.15) is 12.8 Å². The molecular formula is C20H22N6O3S. The fourth-order valence-electron chi connectivity index (χ4n) is 3.36. The molecule has 1 aliphatic rings. The summed E-state index contributed by atoms with van der Waals surface area (Å²) in [6.45, 7) is 1.32. The third-order valence-electron chi connectivity index (χ3n) is 4.92. The lowest BCUT2D eigenvalue weighted by molar-refractivity contribution is -0.116. The number of para-hydroxylation sites is 2. The second-order valence-electron chi connectivity index (χ2n) is 7.08. The predicted octanol–water partition coefficient (Wildman–Crippen LogP) is 1.88. The van der Waals surface area contributed by atoms with E-state index in [-0.39, 0.29) is 11.4 Å². The second kappa shape index (κ2) is 8.33. The highest BCUT2D eigenvalue weighted by Gasteiger charge is 2.25. The Kier molecular flexibility index (Phi) is 5.60. The zero-order chi connectivity index (χ0) is 21.1. The zero-order valence-corrected chi connectivity index (χ0v) is 17.3. The van der Waals surface area contributed by atoms with E-state index in [1.165, 1.54) is 31.6 Å². The largest absolute Gasteiger partial charge is 0.354 e. The highest BCUT2D eigenvalue weighted by atomic mass is 32.2. The number of aromatic nitrogens is 3. The van der Waals surface area contributed by atoms with E-state index in [0.29, 0.717) is 17.2 Å². The Morgan fingerprint density at radius 1 is 1.10 bits per heavy atom. The third kappa shape index (κ3) is 4.10. The van der Waals surface area contributed by atoms with Crippen molar-refractivity contribution in [2.24, 2.45) is 0 Å². The molecule has 1 fully saturated rings. The summed E-state index contributed by atoms with van der Waals surface area (Å²) in [6.07, 6.45) is 4.84. The first-order chi connectivity index (χ1) is 14.4. The Hall–Kier alpha value is -3.11. The van der Waals surface area contributed by atoms with Crippen molar-refractivity contribution in [2.75, 3.05) is 36.9 Å². The molecule has 2 aromatic heterocycles. The van der Waals surface area contributed by atoms with E-state index in [1.54, 1.807) is 0 Å². The Labute approximate surface area is 174 Å². The minimum atomic E-state index is -3.82. The molecule has 0 aliphatic carbocycles. The first kappa shape index (κ1) is 20.2. The Balaban J connectivity index is 1.57. The average molecular weight is 427 g/mol. The predicted molar refractivity (Wildman–Crippen MR) is 114 cm³/mol. The summed E-state index contributed by atoms with van der Waals surface area (Å²) < 4.78 is 26.3. The van der Waals surface area contributed by atoms with Crippen molar-refractivity contribution in [2.45, 2.75) is 17.7 Å². The maximum Gasteiger partial charge on any atom is 0.244 e. The van der Waals surface area contributed by atoms with Gasteiger partial charge in [-0.2, -0.15) is 4.31 Å². The van der Waals surface area contributed by atoms with Crippen LogP contribution in [0.3, 0.4) is 0 Å². The average Bonchev–Trinajstić information content (AvgIpc) is 3.28. The van der Waals surface area contributed by atoms with Gasteiger partial charge in [0, 0.05) is 32.5 Å². The van der Waals surface area contributed by atoms with E-state index in [2.05, 4.69) is 20.2 Å². The highest BCUT2D eigenvalue weighted by Crippen LogP contribution is 2.28. The molecule has 1 aliphatic heterocycles. The molecule has 0 radical (unpaired) electrons. The monoisotopic (exact) mass is 426 g/mol. The number of rotatable bonds is 6. The molecule has 30 heavy (non-hydrogen) atoms. The molecule has 156 valence electrons. The van der Waals surface area contributed by atoms with Crippen LogP contribution in [-0.4, -0.2) is 60.3 Å². The lowest BCUT2D eigenvalue weighted by Gasteiger charge is -2.21. The van der Waals surface area contributed by atoms with E-state index in [1.807, 2.05) is 24.3 Å².